The smallest absolute Gasteiger partial charge is 0.289 e. The summed E-state index contributed by atoms with van der Waals surface area (Å²) < 4.78 is 11.4. The van der Waals surface area contributed by atoms with Crippen LogP contribution in [0.3, 0.4) is 0 Å². The van der Waals surface area contributed by atoms with Crippen LogP contribution in [0.15, 0.2) is 34.7 Å². The maximum absolute atomic E-state index is 12.6. The SMILES string of the molecule is CCN(CC)C(=O)c1ccc(CN2C(=O)COc3ccc(C(C)(C)CC)cc32)o1. The van der Waals surface area contributed by atoms with Gasteiger partial charge in [-0.05, 0) is 55.5 Å². The van der Waals surface area contributed by atoms with Gasteiger partial charge >= 0.3 is 0 Å². The van der Waals surface area contributed by atoms with E-state index >= 15 is 0 Å². The lowest BCUT2D eigenvalue weighted by atomic mass is 9.82. The van der Waals surface area contributed by atoms with E-state index in [1.807, 2.05) is 26.0 Å². The Kier molecular flexibility index (Phi) is 6.01. The zero-order valence-corrected chi connectivity index (χ0v) is 17.9. The fourth-order valence-corrected chi connectivity index (χ4v) is 3.40. The standard InChI is InChI=1S/C23H30N2O4/c1-6-23(4,5)16-9-11-19-18(13-16)25(21(26)15-28-19)14-17-10-12-20(29-17)22(27)24(7-2)8-3/h9-13H,6-8,14-15H2,1-5H3. The van der Waals surface area contributed by atoms with Gasteiger partial charge in [0, 0.05) is 13.1 Å². The lowest BCUT2D eigenvalue weighted by molar-refractivity contribution is -0.121. The highest BCUT2D eigenvalue weighted by molar-refractivity contribution is 5.98. The fourth-order valence-electron chi connectivity index (χ4n) is 3.40. The first-order valence-corrected chi connectivity index (χ1v) is 10.3. The first-order chi connectivity index (χ1) is 13.8. The highest BCUT2D eigenvalue weighted by atomic mass is 16.5. The van der Waals surface area contributed by atoms with Crippen LogP contribution in [0.1, 0.15) is 62.9 Å². The van der Waals surface area contributed by atoms with Crippen LogP contribution in [-0.2, 0) is 16.8 Å². The first-order valence-electron chi connectivity index (χ1n) is 10.3. The van der Waals surface area contributed by atoms with Gasteiger partial charge in [0.15, 0.2) is 12.4 Å². The van der Waals surface area contributed by atoms with Gasteiger partial charge in [0.2, 0.25) is 0 Å². The van der Waals surface area contributed by atoms with E-state index in [0.717, 1.165) is 17.7 Å². The Morgan fingerprint density at radius 2 is 1.86 bits per heavy atom. The normalized spacial score (nSPS) is 13.8. The number of furan rings is 1. The van der Waals surface area contributed by atoms with Crippen LogP contribution in [0.4, 0.5) is 5.69 Å². The molecule has 1 aliphatic heterocycles. The largest absolute Gasteiger partial charge is 0.482 e. The summed E-state index contributed by atoms with van der Waals surface area (Å²) in [7, 11) is 0. The van der Waals surface area contributed by atoms with E-state index in [0.29, 0.717) is 30.4 Å². The van der Waals surface area contributed by atoms with E-state index < -0.39 is 0 Å². The van der Waals surface area contributed by atoms with Crippen molar-refractivity contribution in [1.82, 2.24) is 4.90 Å². The molecule has 6 heteroatoms. The predicted octanol–water partition coefficient (Wildman–Crippen LogP) is 4.37. The van der Waals surface area contributed by atoms with Gasteiger partial charge in [0.25, 0.3) is 11.8 Å². The van der Waals surface area contributed by atoms with Crippen molar-refractivity contribution in [2.24, 2.45) is 0 Å². The van der Waals surface area contributed by atoms with E-state index in [1.165, 1.54) is 0 Å². The van der Waals surface area contributed by atoms with E-state index in [1.54, 1.807) is 21.9 Å². The quantitative estimate of drug-likeness (QED) is 0.695. The highest BCUT2D eigenvalue weighted by Gasteiger charge is 2.29. The van der Waals surface area contributed by atoms with Gasteiger partial charge in [-0.1, -0.05) is 26.8 Å². The molecule has 0 bridgehead atoms. The molecule has 0 saturated heterocycles. The number of amides is 2. The van der Waals surface area contributed by atoms with Crippen molar-refractivity contribution < 1.29 is 18.7 Å². The summed E-state index contributed by atoms with van der Waals surface area (Å²) in [5.41, 5.74) is 1.89. The summed E-state index contributed by atoms with van der Waals surface area (Å²) in [6.07, 6.45) is 0.982. The zero-order valence-electron chi connectivity index (χ0n) is 17.9. The molecule has 2 heterocycles. The number of hydrogen-bond donors (Lipinski definition) is 0. The number of ether oxygens (including phenoxy) is 1. The minimum absolute atomic E-state index is 0.00450. The van der Waals surface area contributed by atoms with Crippen LogP contribution < -0.4 is 9.64 Å². The minimum Gasteiger partial charge on any atom is -0.482 e. The number of carbonyl (C=O) groups excluding carboxylic acids is 2. The van der Waals surface area contributed by atoms with E-state index in [2.05, 4.69) is 26.8 Å². The van der Waals surface area contributed by atoms with Gasteiger partial charge in [0.1, 0.15) is 11.5 Å². The van der Waals surface area contributed by atoms with Gasteiger partial charge in [-0.3, -0.25) is 14.5 Å². The molecule has 2 amide bonds. The lowest BCUT2D eigenvalue weighted by Crippen LogP contribution is -2.38. The Hall–Kier alpha value is -2.76. The van der Waals surface area contributed by atoms with Crippen molar-refractivity contribution in [2.45, 2.75) is 53.0 Å². The summed E-state index contributed by atoms with van der Waals surface area (Å²) in [6, 6.07) is 9.46. The molecule has 29 heavy (non-hydrogen) atoms. The molecule has 0 saturated carbocycles. The van der Waals surface area contributed by atoms with Crippen LogP contribution >= 0.6 is 0 Å². The van der Waals surface area contributed by atoms with Crippen LogP contribution in [-0.4, -0.2) is 36.4 Å². The zero-order chi connectivity index (χ0) is 21.2. The summed E-state index contributed by atoms with van der Waals surface area (Å²) in [4.78, 5) is 28.5. The van der Waals surface area contributed by atoms with Crippen molar-refractivity contribution in [1.29, 1.82) is 0 Å². The molecule has 1 aromatic heterocycles. The number of nitrogens with zero attached hydrogens (tertiary/aromatic N) is 2. The second-order valence-electron chi connectivity index (χ2n) is 7.93. The van der Waals surface area contributed by atoms with Crippen molar-refractivity contribution in [2.75, 3.05) is 24.6 Å². The monoisotopic (exact) mass is 398 g/mol. The molecular formula is C23H30N2O4. The summed E-state index contributed by atoms with van der Waals surface area (Å²) in [5, 5.41) is 0. The number of hydrogen-bond acceptors (Lipinski definition) is 4. The van der Waals surface area contributed by atoms with Gasteiger partial charge < -0.3 is 14.1 Å². The molecule has 1 aliphatic rings. The molecule has 3 rings (SSSR count). The molecule has 0 radical (unpaired) electrons. The van der Waals surface area contributed by atoms with E-state index in [4.69, 9.17) is 9.15 Å². The second-order valence-corrected chi connectivity index (χ2v) is 7.93. The molecule has 0 aliphatic carbocycles. The van der Waals surface area contributed by atoms with Gasteiger partial charge in [-0.2, -0.15) is 0 Å². The summed E-state index contributed by atoms with van der Waals surface area (Å²) >= 11 is 0. The molecule has 0 fully saturated rings. The number of benzene rings is 1. The lowest BCUT2D eigenvalue weighted by Gasteiger charge is -2.31. The molecule has 0 spiro atoms. The Bertz CT molecular complexity index is 896. The molecule has 0 unspecified atom stereocenters. The van der Waals surface area contributed by atoms with Crippen LogP contribution in [0.5, 0.6) is 5.75 Å². The number of fused-ring (bicyclic) bond motifs is 1. The minimum atomic E-state index is -0.137. The number of carbonyl (C=O) groups is 2. The third-order valence-corrected chi connectivity index (χ3v) is 5.80. The Morgan fingerprint density at radius 1 is 1.14 bits per heavy atom. The van der Waals surface area contributed by atoms with Crippen molar-refractivity contribution in [3.05, 3.63) is 47.4 Å². The van der Waals surface area contributed by atoms with Gasteiger partial charge in [0.05, 0.1) is 12.2 Å². The molecular weight excluding hydrogens is 368 g/mol. The van der Waals surface area contributed by atoms with E-state index in [-0.39, 0.29) is 30.4 Å². The third kappa shape index (κ3) is 4.16. The maximum Gasteiger partial charge on any atom is 0.289 e. The average molecular weight is 399 g/mol. The number of rotatable bonds is 7. The Labute approximate surface area is 172 Å². The van der Waals surface area contributed by atoms with Crippen LogP contribution in [0.25, 0.3) is 0 Å². The summed E-state index contributed by atoms with van der Waals surface area (Å²) in [6.45, 7) is 11.9. The van der Waals surface area contributed by atoms with Crippen molar-refractivity contribution in [3.8, 4) is 5.75 Å². The Morgan fingerprint density at radius 3 is 2.52 bits per heavy atom. The topological polar surface area (TPSA) is 63.0 Å². The molecule has 2 aromatic rings. The summed E-state index contributed by atoms with van der Waals surface area (Å²) in [5.74, 6) is 1.29. The predicted molar refractivity (Wildman–Crippen MR) is 112 cm³/mol. The maximum atomic E-state index is 12.6. The first kappa shape index (κ1) is 21.0. The van der Waals surface area contributed by atoms with Crippen molar-refractivity contribution in [3.63, 3.8) is 0 Å². The molecule has 156 valence electrons. The highest BCUT2D eigenvalue weighted by Crippen LogP contribution is 2.38. The van der Waals surface area contributed by atoms with Crippen molar-refractivity contribution >= 4 is 17.5 Å². The average Bonchev–Trinajstić information content (AvgIpc) is 3.19. The Balaban J connectivity index is 1.88. The number of anilines is 1. The molecule has 0 N–H and O–H groups in total. The van der Waals surface area contributed by atoms with E-state index in [9.17, 15) is 9.59 Å². The molecule has 0 atom stereocenters. The van der Waals surface area contributed by atoms with Gasteiger partial charge in [-0.25, -0.2) is 0 Å². The molecule has 6 nitrogen and oxygen atoms in total. The molecule has 1 aromatic carbocycles. The van der Waals surface area contributed by atoms with Gasteiger partial charge in [-0.15, -0.1) is 0 Å². The van der Waals surface area contributed by atoms with Crippen LogP contribution in [0.2, 0.25) is 0 Å². The fraction of sp³-hybridized carbons (Fsp3) is 0.478. The van der Waals surface area contributed by atoms with Crippen LogP contribution in [0, 0.1) is 0 Å². The second kappa shape index (κ2) is 8.31. The third-order valence-electron chi connectivity index (χ3n) is 5.80.